The van der Waals surface area contributed by atoms with Gasteiger partial charge in [0, 0.05) is 24.5 Å². The third kappa shape index (κ3) is 8.83. The predicted octanol–water partition coefficient (Wildman–Crippen LogP) is 6.65. The zero-order chi connectivity index (χ0) is 28.9. The summed E-state index contributed by atoms with van der Waals surface area (Å²) in [6, 6.07) is 9.77. The number of carbonyl (C=O) groups is 1. The van der Waals surface area contributed by atoms with Gasteiger partial charge >= 0.3 is 12.8 Å². The van der Waals surface area contributed by atoms with Gasteiger partial charge in [-0.25, -0.2) is 13.2 Å². The van der Waals surface area contributed by atoms with E-state index in [1.54, 1.807) is 0 Å². The Morgan fingerprint density at radius 1 is 1.07 bits per heavy atom. The van der Waals surface area contributed by atoms with Crippen LogP contribution in [0, 0.1) is 5.92 Å². The molecule has 1 N–H and O–H groups in total. The number of carbonyl (C=O) groups excluding carboxylic acids is 1. The molecule has 0 unspecified atom stereocenters. The first-order valence-electron chi connectivity index (χ1n) is 11.9. The summed E-state index contributed by atoms with van der Waals surface area (Å²) in [4.78, 5) is 16.7. The van der Waals surface area contributed by atoms with Gasteiger partial charge in [0.15, 0.2) is 11.5 Å². The third-order valence-electron chi connectivity index (χ3n) is 5.67. The quantitative estimate of drug-likeness (QED) is 0.178. The van der Waals surface area contributed by atoms with Crippen molar-refractivity contribution in [2.75, 3.05) is 17.6 Å². The van der Waals surface area contributed by atoms with E-state index in [1.807, 2.05) is 0 Å². The number of rotatable bonds is 12. The van der Waals surface area contributed by atoms with Crippen molar-refractivity contribution >= 4 is 45.1 Å². The topological polar surface area (TPSA) is 113 Å². The van der Waals surface area contributed by atoms with Gasteiger partial charge in [-0.1, -0.05) is 29.3 Å². The van der Waals surface area contributed by atoms with Crippen molar-refractivity contribution in [1.29, 1.82) is 0 Å². The van der Waals surface area contributed by atoms with Gasteiger partial charge < -0.3 is 18.9 Å². The maximum Gasteiger partial charge on any atom is 0.514 e. The predicted molar refractivity (Wildman–Crippen MR) is 144 cm³/mol. The van der Waals surface area contributed by atoms with Crippen molar-refractivity contribution in [2.24, 2.45) is 5.92 Å². The lowest BCUT2D eigenvalue weighted by atomic mass is 10.0. The minimum absolute atomic E-state index is 0.0103. The molecule has 1 aliphatic carbocycles. The second kappa shape index (κ2) is 12.9. The number of aromatic nitrogens is 1. The molecule has 0 aliphatic heterocycles. The average molecular weight is 617 g/mol. The molecule has 1 heterocycles. The van der Waals surface area contributed by atoms with E-state index in [1.165, 1.54) is 54.9 Å². The summed E-state index contributed by atoms with van der Waals surface area (Å²) in [5.74, 6) is 0.312. The highest BCUT2D eigenvalue weighted by atomic mass is 35.5. The molecule has 40 heavy (non-hydrogen) atoms. The number of anilines is 1. The summed E-state index contributed by atoms with van der Waals surface area (Å²) >= 11 is 12.6. The summed E-state index contributed by atoms with van der Waals surface area (Å²) in [6.07, 6.45) is 3.58. The lowest BCUT2D eigenvalue weighted by Crippen LogP contribution is -2.18. The molecule has 1 aliphatic rings. The van der Waals surface area contributed by atoms with Crippen LogP contribution in [0.5, 0.6) is 17.2 Å². The number of hydrogen-bond donors (Lipinski definition) is 1. The molecule has 1 fully saturated rings. The van der Waals surface area contributed by atoms with Crippen LogP contribution in [0.25, 0.3) is 0 Å². The van der Waals surface area contributed by atoms with Crippen molar-refractivity contribution in [2.45, 2.75) is 32.0 Å². The van der Waals surface area contributed by atoms with Gasteiger partial charge in [-0.2, -0.15) is 8.78 Å². The zero-order valence-electron chi connectivity index (χ0n) is 21.0. The second-order valence-electron chi connectivity index (χ2n) is 8.98. The summed E-state index contributed by atoms with van der Waals surface area (Å²) in [5.41, 5.74) is 1.08. The van der Waals surface area contributed by atoms with Crippen LogP contribution in [0.3, 0.4) is 0 Å². The molecule has 0 bridgehead atoms. The minimum Gasteiger partial charge on any atom is -0.489 e. The Balaban J connectivity index is 1.58. The summed E-state index contributed by atoms with van der Waals surface area (Å²) in [6.45, 7) is -2.74. The van der Waals surface area contributed by atoms with E-state index in [2.05, 4.69) is 14.4 Å². The molecule has 14 heteroatoms. The van der Waals surface area contributed by atoms with E-state index < -0.39 is 28.9 Å². The van der Waals surface area contributed by atoms with Crippen molar-refractivity contribution in [3.8, 4) is 17.2 Å². The van der Waals surface area contributed by atoms with Crippen molar-refractivity contribution in [3.63, 3.8) is 0 Å². The maximum atomic E-state index is 13.0. The number of benzene rings is 2. The van der Waals surface area contributed by atoms with E-state index in [9.17, 15) is 22.0 Å². The van der Waals surface area contributed by atoms with Crippen LogP contribution in [0.2, 0.25) is 10.0 Å². The molecule has 9 nitrogen and oxygen atoms in total. The number of sulfonamides is 1. The highest BCUT2D eigenvalue weighted by Crippen LogP contribution is 2.38. The Bertz CT molecular complexity index is 1440. The first kappa shape index (κ1) is 29.6. The summed E-state index contributed by atoms with van der Waals surface area (Å²) in [7, 11) is -3.48. The number of nitrogens with one attached hydrogen (secondary N) is 1. The molecular formula is C26H24Cl2F2N2O7S. The van der Waals surface area contributed by atoms with Crippen molar-refractivity contribution in [1.82, 2.24) is 4.98 Å². The summed E-state index contributed by atoms with van der Waals surface area (Å²) in [5, 5.41) is 0.456. The Hall–Kier alpha value is -3.35. The summed E-state index contributed by atoms with van der Waals surface area (Å²) < 4.78 is 72.4. The van der Waals surface area contributed by atoms with Crippen LogP contribution < -0.4 is 18.9 Å². The van der Waals surface area contributed by atoms with Crippen LogP contribution in [0.15, 0.2) is 54.9 Å². The normalized spacial score (nSPS) is 13.9. The first-order chi connectivity index (χ1) is 19.0. The Morgan fingerprint density at radius 3 is 2.35 bits per heavy atom. The molecule has 1 aromatic heterocycles. The number of nitrogens with zero attached hydrogens (tertiary/aromatic N) is 1. The minimum atomic E-state index is -3.48. The Kier molecular flexibility index (Phi) is 9.54. The van der Waals surface area contributed by atoms with Gasteiger partial charge in [0.25, 0.3) is 0 Å². The van der Waals surface area contributed by atoms with Crippen LogP contribution in [0.1, 0.15) is 30.1 Å². The monoisotopic (exact) mass is 616 g/mol. The van der Waals surface area contributed by atoms with Crippen LogP contribution >= 0.6 is 23.2 Å². The van der Waals surface area contributed by atoms with E-state index in [4.69, 9.17) is 37.4 Å². The van der Waals surface area contributed by atoms with E-state index in [0.29, 0.717) is 23.7 Å². The third-order valence-corrected chi connectivity index (χ3v) is 6.92. The van der Waals surface area contributed by atoms with Crippen LogP contribution in [0.4, 0.5) is 19.3 Å². The van der Waals surface area contributed by atoms with Crippen LogP contribution in [-0.4, -0.2) is 39.0 Å². The fraction of sp³-hybridized carbons (Fsp3) is 0.308. The second-order valence-corrected chi connectivity index (χ2v) is 11.5. The molecular weight excluding hydrogens is 593 g/mol. The lowest BCUT2D eigenvalue weighted by molar-refractivity contribution is -0.0515. The molecule has 4 rings (SSSR count). The number of pyridine rings is 1. The number of ether oxygens (including phenoxy) is 4. The van der Waals surface area contributed by atoms with Crippen LogP contribution in [-0.2, 0) is 21.2 Å². The van der Waals surface area contributed by atoms with Gasteiger partial charge in [-0.05, 0) is 66.3 Å². The number of halogens is 4. The molecule has 0 spiro atoms. The molecule has 0 radical (unpaired) electrons. The number of hydrogen-bond acceptors (Lipinski definition) is 8. The van der Waals surface area contributed by atoms with E-state index in [-0.39, 0.29) is 39.4 Å². The average Bonchev–Trinajstić information content (AvgIpc) is 3.70. The van der Waals surface area contributed by atoms with E-state index >= 15 is 0 Å². The van der Waals surface area contributed by atoms with Gasteiger partial charge in [0.1, 0.15) is 11.9 Å². The highest BCUT2D eigenvalue weighted by molar-refractivity contribution is 7.92. The SMILES string of the molecule is CS(=O)(=O)Nc1ccc(OC(=O)O[C@@H](Cc2c(Cl)cncc2Cl)c2ccc(OC(F)F)c(OCC3CC3)c2)cc1. The molecule has 0 saturated heterocycles. The number of alkyl halides is 2. The fourth-order valence-electron chi connectivity index (χ4n) is 3.61. The highest BCUT2D eigenvalue weighted by Gasteiger charge is 2.26. The lowest BCUT2D eigenvalue weighted by Gasteiger charge is -2.21. The molecule has 1 atom stereocenters. The van der Waals surface area contributed by atoms with Gasteiger partial charge in [-0.3, -0.25) is 9.71 Å². The van der Waals surface area contributed by atoms with Crippen molar-refractivity contribution < 1.29 is 40.9 Å². The van der Waals surface area contributed by atoms with Gasteiger partial charge in [-0.15, -0.1) is 0 Å². The van der Waals surface area contributed by atoms with Gasteiger partial charge in [0.2, 0.25) is 10.0 Å². The largest absolute Gasteiger partial charge is 0.514 e. The smallest absolute Gasteiger partial charge is 0.489 e. The van der Waals surface area contributed by atoms with E-state index in [0.717, 1.165) is 19.1 Å². The molecule has 3 aromatic rings. The Morgan fingerprint density at radius 2 is 1.75 bits per heavy atom. The molecule has 0 amide bonds. The van der Waals surface area contributed by atoms with Gasteiger partial charge in [0.05, 0.1) is 22.9 Å². The fourth-order valence-corrected chi connectivity index (χ4v) is 4.69. The maximum absolute atomic E-state index is 13.0. The van der Waals surface area contributed by atoms with Crippen molar-refractivity contribution in [3.05, 3.63) is 76.0 Å². The Labute approximate surface area is 239 Å². The standard InChI is InChI=1S/C26H24Cl2F2N2O7S/c1-40(34,35)32-17-5-7-18(8-6-17)37-26(33)39-23(11-19-20(27)12-31-13-21(19)28)16-4-9-22(38-25(29)30)24(10-16)36-14-15-2-3-15/h4-10,12-13,15,23,25,32H,2-3,11,14H2,1H3/t23-/m0/s1. The first-order valence-corrected chi connectivity index (χ1v) is 14.6. The molecule has 1 saturated carbocycles. The molecule has 214 valence electrons. The zero-order valence-corrected chi connectivity index (χ0v) is 23.3. The molecule has 2 aromatic carbocycles.